The van der Waals surface area contributed by atoms with Gasteiger partial charge >= 0.3 is 5.97 Å². The molecule has 8 nitrogen and oxygen atoms in total. The Balaban J connectivity index is 1.82. The Hall–Kier alpha value is -2.56. The summed E-state index contributed by atoms with van der Waals surface area (Å²) in [6, 6.07) is 8.65. The number of carbonyl (C=O) groups is 3. The molecule has 0 unspecified atom stereocenters. The van der Waals surface area contributed by atoms with Gasteiger partial charge < -0.3 is 10.1 Å². The summed E-state index contributed by atoms with van der Waals surface area (Å²) in [5, 5.41) is 9.26. The first-order chi connectivity index (χ1) is 12.7. The summed E-state index contributed by atoms with van der Waals surface area (Å²) in [6.07, 6.45) is -1.20. The van der Waals surface area contributed by atoms with Crippen LogP contribution in [0, 0.1) is 0 Å². The molecular weight excluding hydrogens is 392 g/mol. The Bertz CT molecular complexity index is 921. The van der Waals surface area contributed by atoms with E-state index in [1.807, 2.05) is 0 Å². The molecule has 0 saturated heterocycles. The number of hydrogen-bond donors (Lipinski definition) is 2. The molecule has 1 atom stereocenters. The second-order valence-electron chi connectivity index (χ2n) is 5.59. The van der Waals surface area contributed by atoms with E-state index in [9.17, 15) is 22.8 Å². The fourth-order valence-corrected chi connectivity index (χ4v) is 3.27. The van der Waals surface area contributed by atoms with Crippen molar-refractivity contribution in [2.24, 2.45) is 5.14 Å². The second kappa shape index (κ2) is 8.89. The number of benzene rings is 1. The molecule has 144 valence electrons. The molecule has 27 heavy (non-hydrogen) atoms. The smallest absolute Gasteiger partial charge is 0.307 e. The van der Waals surface area contributed by atoms with Crippen LogP contribution in [0.25, 0.3) is 0 Å². The fraction of sp³-hybridized carbons (Fsp3) is 0.235. The monoisotopic (exact) mass is 410 g/mol. The number of carbonyl (C=O) groups excluding carboxylic acids is 3. The first-order valence-corrected chi connectivity index (χ1v) is 10.3. The Kier molecular flexibility index (Phi) is 6.83. The van der Waals surface area contributed by atoms with Crippen molar-refractivity contribution < 1.29 is 27.5 Å². The van der Waals surface area contributed by atoms with Crippen LogP contribution in [0.1, 0.15) is 29.4 Å². The van der Waals surface area contributed by atoms with Gasteiger partial charge in [-0.3, -0.25) is 14.4 Å². The molecule has 0 spiro atoms. The summed E-state index contributed by atoms with van der Waals surface area (Å²) in [5.74, 6) is -1.41. The molecule has 0 aliphatic carbocycles. The number of hydrogen-bond acceptors (Lipinski definition) is 7. The normalized spacial score (nSPS) is 12.2. The molecule has 3 N–H and O–H groups in total. The van der Waals surface area contributed by atoms with E-state index in [1.54, 1.807) is 17.5 Å². The highest BCUT2D eigenvalue weighted by atomic mass is 32.2. The van der Waals surface area contributed by atoms with E-state index in [4.69, 9.17) is 9.88 Å². The third-order valence-electron chi connectivity index (χ3n) is 3.48. The summed E-state index contributed by atoms with van der Waals surface area (Å²) in [5.41, 5.74) is 0.322. The number of primary sulfonamides is 1. The molecule has 2 rings (SSSR count). The van der Waals surface area contributed by atoms with Crippen LogP contribution in [0.5, 0.6) is 0 Å². The molecule has 10 heteroatoms. The highest BCUT2D eigenvalue weighted by molar-refractivity contribution is 7.89. The van der Waals surface area contributed by atoms with Crippen molar-refractivity contribution in [1.82, 2.24) is 0 Å². The van der Waals surface area contributed by atoms with Crippen LogP contribution < -0.4 is 10.5 Å². The number of rotatable bonds is 8. The molecule has 0 radical (unpaired) electrons. The van der Waals surface area contributed by atoms with Gasteiger partial charge in [-0.25, -0.2) is 13.6 Å². The third-order valence-corrected chi connectivity index (χ3v) is 5.32. The van der Waals surface area contributed by atoms with Gasteiger partial charge in [-0.2, -0.15) is 0 Å². The summed E-state index contributed by atoms with van der Waals surface area (Å²) in [6.45, 7) is 1.40. The topological polar surface area (TPSA) is 133 Å². The van der Waals surface area contributed by atoms with E-state index >= 15 is 0 Å². The molecule has 0 aliphatic heterocycles. The van der Waals surface area contributed by atoms with Gasteiger partial charge in [0.05, 0.1) is 16.2 Å². The van der Waals surface area contributed by atoms with E-state index in [1.165, 1.54) is 42.5 Å². The van der Waals surface area contributed by atoms with Crippen LogP contribution in [-0.2, 0) is 24.3 Å². The average Bonchev–Trinajstić information content (AvgIpc) is 3.14. The Labute approximate surface area is 160 Å². The number of esters is 1. The van der Waals surface area contributed by atoms with E-state index in [-0.39, 0.29) is 23.5 Å². The second-order valence-corrected chi connectivity index (χ2v) is 8.10. The molecule has 0 aliphatic rings. The molecule has 0 saturated carbocycles. The van der Waals surface area contributed by atoms with Crippen molar-refractivity contribution in [3.05, 3.63) is 46.7 Å². The average molecular weight is 410 g/mol. The number of amides is 1. The predicted molar refractivity (Wildman–Crippen MR) is 99.9 cm³/mol. The zero-order valence-corrected chi connectivity index (χ0v) is 16.0. The molecule has 0 bridgehead atoms. The lowest BCUT2D eigenvalue weighted by molar-refractivity contribution is -0.153. The van der Waals surface area contributed by atoms with Gasteiger partial charge in [-0.05, 0) is 42.6 Å². The van der Waals surface area contributed by atoms with Gasteiger partial charge in [0.15, 0.2) is 11.9 Å². The van der Waals surface area contributed by atoms with Gasteiger partial charge in [0.2, 0.25) is 10.0 Å². The van der Waals surface area contributed by atoms with Crippen LogP contribution in [0.2, 0.25) is 0 Å². The molecule has 1 aromatic carbocycles. The van der Waals surface area contributed by atoms with Crippen molar-refractivity contribution in [2.75, 3.05) is 5.32 Å². The molecule has 1 heterocycles. The summed E-state index contributed by atoms with van der Waals surface area (Å²) >= 11 is 1.29. The Morgan fingerprint density at radius 2 is 1.81 bits per heavy atom. The minimum atomic E-state index is -3.82. The SMILES string of the molecule is C[C@H](OC(=O)CCC(=O)c1cccs1)C(=O)Nc1ccc(S(N)(=O)=O)cc1. The first-order valence-electron chi connectivity index (χ1n) is 7.87. The molecule has 0 fully saturated rings. The summed E-state index contributed by atoms with van der Waals surface area (Å²) in [4.78, 5) is 36.2. The van der Waals surface area contributed by atoms with Crippen LogP contribution in [0.4, 0.5) is 5.69 Å². The van der Waals surface area contributed by atoms with Gasteiger partial charge in [-0.15, -0.1) is 11.3 Å². The largest absolute Gasteiger partial charge is 0.453 e. The Morgan fingerprint density at radius 3 is 2.37 bits per heavy atom. The number of ether oxygens (including phenoxy) is 1. The maximum Gasteiger partial charge on any atom is 0.307 e. The summed E-state index contributed by atoms with van der Waals surface area (Å²) < 4.78 is 27.4. The van der Waals surface area contributed by atoms with E-state index in [0.29, 0.717) is 10.6 Å². The number of sulfonamides is 1. The first kappa shape index (κ1) is 20.7. The zero-order valence-electron chi connectivity index (χ0n) is 14.4. The van der Waals surface area contributed by atoms with Gasteiger partial charge in [0, 0.05) is 12.1 Å². The number of anilines is 1. The number of Topliss-reactive ketones (excluding diaryl/α,β-unsaturated/α-hetero) is 1. The highest BCUT2D eigenvalue weighted by Gasteiger charge is 2.19. The van der Waals surface area contributed by atoms with Crippen LogP contribution >= 0.6 is 11.3 Å². The maximum absolute atomic E-state index is 12.1. The van der Waals surface area contributed by atoms with E-state index in [2.05, 4.69) is 5.32 Å². The standard InChI is InChI=1S/C17H18N2O6S2/c1-11(25-16(21)9-8-14(20)15-3-2-10-26-15)17(22)19-12-4-6-13(7-5-12)27(18,23)24/h2-7,10-11H,8-9H2,1H3,(H,19,22)(H2,18,23,24)/t11-/m0/s1. The molecule has 2 aromatic rings. The van der Waals surface area contributed by atoms with E-state index < -0.39 is 28.0 Å². The molecule has 1 aromatic heterocycles. The number of thiophene rings is 1. The van der Waals surface area contributed by atoms with Gasteiger partial charge in [-0.1, -0.05) is 6.07 Å². The zero-order chi connectivity index (χ0) is 20.0. The third kappa shape index (κ3) is 6.27. The predicted octanol–water partition coefficient (Wildman–Crippen LogP) is 1.93. The highest BCUT2D eigenvalue weighted by Crippen LogP contribution is 2.14. The van der Waals surface area contributed by atoms with Crippen molar-refractivity contribution >= 4 is 44.7 Å². The van der Waals surface area contributed by atoms with Crippen molar-refractivity contribution in [1.29, 1.82) is 0 Å². The number of ketones is 1. The number of nitrogens with two attached hydrogens (primary N) is 1. The Morgan fingerprint density at radius 1 is 1.15 bits per heavy atom. The van der Waals surface area contributed by atoms with Gasteiger partial charge in [0.25, 0.3) is 5.91 Å². The lowest BCUT2D eigenvalue weighted by Gasteiger charge is -2.13. The van der Waals surface area contributed by atoms with E-state index in [0.717, 1.165) is 0 Å². The molecule has 1 amide bonds. The lowest BCUT2D eigenvalue weighted by atomic mass is 10.2. The quantitative estimate of drug-likeness (QED) is 0.505. The summed E-state index contributed by atoms with van der Waals surface area (Å²) in [7, 11) is -3.82. The lowest BCUT2D eigenvalue weighted by Crippen LogP contribution is -2.30. The van der Waals surface area contributed by atoms with Crippen LogP contribution in [0.3, 0.4) is 0 Å². The van der Waals surface area contributed by atoms with Crippen molar-refractivity contribution in [3.8, 4) is 0 Å². The van der Waals surface area contributed by atoms with Crippen molar-refractivity contribution in [2.45, 2.75) is 30.8 Å². The maximum atomic E-state index is 12.1. The van der Waals surface area contributed by atoms with Gasteiger partial charge in [0.1, 0.15) is 0 Å². The van der Waals surface area contributed by atoms with Crippen molar-refractivity contribution in [3.63, 3.8) is 0 Å². The minimum absolute atomic E-state index is 0.00269. The molecular formula is C17H18N2O6S2. The fourth-order valence-electron chi connectivity index (χ4n) is 2.06. The van der Waals surface area contributed by atoms with Crippen LogP contribution in [-0.4, -0.2) is 32.2 Å². The van der Waals surface area contributed by atoms with Crippen LogP contribution in [0.15, 0.2) is 46.7 Å². The minimum Gasteiger partial charge on any atom is -0.453 e. The number of nitrogens with one attached hydrogen (secondary N) is 1.